The molecule has 0 aliphatic heterocycles. The summed E-state index contributed by atoms with van der Waals surface area (Å²) in [5, 5.41) is 14.6. The first-order chi connectivity index (χ1) is 10.1. The maximum atomic E-state index is 12.0. The summed E-state index contributed by atoms with van der Waals surface area (Å²) in [6.45, 7) is 3.75. The molecule has 2 N–H and O–H groups in total. The molecule has 0 radical (unpaired) electrons. The van der Waals surface area contributed by atoms with Crippen molar-refractivity contribution in [1.82, 2.24) is 15.4 Å². The largest absolute Gasteiger partial charge is 0.361 e. The zero-order valence-electron chi connectivity index (χ0n) is 11.9. The summed E-state index contributed by atoms with van der Waals surface area (Å²) in [5.74, 6) is 0.748. The van der Waals surface area contributed by atoms with Gasteiger partial charge in [0.25, 0.3) is 0 Å². The molecule has 1 amide bonds. The van der Waals surface area contributed by atoms with Crippen LogP contribution in [0.5, 0.6) is 0 Å². The molecule has 108 valence electrons. The highest BCUT2D eigenvalue weighted by Gasteiger charge is 2.11. The Hall–Kier alpha value is -2.63. The number of rotatable bonds is 4. The van der Waals surface area contributed by atoms with Crippen LogP contribution in [0.1, 0.15) is 23.4 Å². The minimum Gasteiger partial charge on any atom is -0.361 e. The third-order valence-corrected chi connectivity index (χ3v) is 3.51. The molecule has 3 aromatic rings. The van der Waals surface area contributed by atoms with Crippen LogP contribution in [0, 0.1) is 13.8 Å². The molecule has 2 heterocycles. The Labute approximate surface area is 121 Å². The molecule has 6 heteroatoms. The molecule has 0 saturated carbocycles. The molecule has 3 rings (SSSR count). The van der Waals surface area contributed by atoms with Crippen molar-refractivity contribution < 1.29 is 9.32 Å². The highest BCUT2D eigenvalue weighted by atomic mass is 16.5. The quantitative estimate of drug-likeness (QED) is 0.771. The van der Waals surface area contributed by atoms with E-state index in [9.17, 15) is 4.79 Å². The first kappa shape index (κ1) is 13.4. The standard InChI is InChI=1S/C15H16N4O2/c1-9-13(10(2)21-19-9)4-6-15(20)17-12-3-5-14-11(7-12)8-16-18-14/h3,5,7-8H,4,6H2,1-2H3,(H,16,18)(H,17,20). The van der Waals surface area contributed by atoms with Crippen LogP contribution in [0.15, 0.2) is 28.9 Å². The number of aromatic amines is 1. The van der Waals surface area contributed by atoms with E-state index in [2.05, 4.69) is 20.7 Å². The smallest absolute Gasteiger partial charge is 0.224 e. The Kier molecular flexibility index (Phi) is 3.43. The van der Waals surface area contributed by atoms with E-state index in [0.717, 1.165) is 33.6 Å². The van der Waals surface area contributed by atoms with Crippen molar-refractivity contribution in [2.45, 2.75) is 26.7 Å². The van der Waals surface area contributed by atoms with Crippen molar-refractivity contribution in [2.24, 2.45) is 0 Å². The van der Waals surface area contributed by atoms with Crippen LogP contribution in [0.25, 0.3) is 10.9 Å². The SMILES string of the molecule is Cc1noc(C)c1CCC(=O)Nc1ccc2[nH]ncc2c1. The predicted octanol–water partition coefficient (Wildman–Crippen LogP) is 2.74. The van der Waals surface area contributed by atoms with Gasteiger partial charge in [-0.05, 0) is 38.5 Å². The number of nitrogens with zero attached hydrogens (tertiary/aromatic N) is 2. The van der Waals surface area contributed by atoms with E-state index in [-0.39, 0.29) is 5.91 Å². The Morgan fingerprint density at radius 1 is 1.38 bits per heavy atom. The number of anilines is 1. The van der Waals surface area contributed by atoms with Gasteiger partial charge in [-0.25, -0.2) is 0 Å². The van der Waals surface area contributed by atoms with E-state index in [1.807, 2.05) is 32.0 Å². The molecule has 0 atom stereocenters. The Bertz CT molecular complexity index is 768. The molecule has 0 bridgehead atoms. The van der Waals surface area contributed by atoms with Gasteiger partial charge in [0.1, 0.15) is 5.76 Å². The lowest BCUT2D eigenvalue weighted by atomic mass is 10.1. The van der Waals surface area contributed by atoms with Gasteiger partial charge >= 0.3 is 0 Å². The van der Waals surface area contributed by atoms with Crippen molar-refractivity contribution in [2.75, 3.05) is 5.32 Å². The predicted molar refractivity (Wildman–Crippen MR) is 79.0 cm³/mol. The summed E-state index contributed by atoms with van der Waals surface area (Å²) in [6.07, 6.45) is 2.75. The first-order valence-electron chi connectivity index (χ1n) is 6.78. The molecule has 1 aromatic carbocycles. The highest BCUT2D eigenvalue weighted by molar-refractivity contribution is 5.93. The second-order valence-corrected chi connectivity index (χ2v) is 5.02. The number of carbonyl (C=O) groups is 1. The normalized spacial score (nSPS) is 11.0. The second kappa shape index (κ2) is 5.40. The number of carbonyl (C=O) groups excluding carboxylic acids is 1. The average molecular weight is 284 g/mol. The van der Waals surface area contributed by atoms with Gasteiger partial charge in [-0.1, -0.05) is 5.16 Å². The molecule has 0 saturated heterocycles. The maximum Gasteiger partial charge on any atom is 0.224 e. The zero-order valence-corrected chi connectivity index (χ0v) is 11.9. The molecule has 0 fully saturated rings. The van der Waals surface area contributed by atoms with Gasteiger partial charge < -0.3 is 9.84 Å². The molecule has 21 heavy (non-hydrogen) atoms. The number of aromatic nitrogens is 3. The minimum absolute atomic E-state index is 0.0298. The summed E-state index contributed by atoms with van der Waals surface area (Å²) in [7, 11) is 0. The van der Waals surface area contributed by atoms with Gasteiger partial charge in [0.2, 0.25) is 5.91 Å². The van der Waals surface area contributed by atoms with Crippen molar-refractivity contribution in [1.29, 1.82) is 0 Å². The van der Waals surface area contributed by atoms with Crippen LogP contribution >= 0.6 is 0 Å². The zero-order chi connectivity index (χ0) is 14.8. The highest BCUT2D eigenvalue weighted by Crippen LogP contribution is 2.18. The summed E-state index contributed by atoms with van der Waals surface area (Å²) in [4.78, 5) is 12.0. The monoisotopic (exact) mass is 284 g/mol. The van der Waals surface area contributed by atoms with Crippen molar-refractivity contribution >= 4 is 22.5 Å². The fraction of sp³-hybridized carbons (Fsp3) is 0.267. The third-order valence-electron chi connectivity index (χ3n) is 3.51. The van der Waals surface area contributed by atoms with E-state index < -0.39 is 0 Å². The van der Waals surface area contributed by atoms with Crippen LogP contribution in [0.4, 0.5) is 5.69 Å². The van der Waals surface area contributed by atoms with E-state index in [1.165, 1.54) is 0 Å². The van der Waals surface area contributed by atoms with Gasteiger partial charge in [0.15, 0.2) is 0 Å². The topological polar surface area (TPSA) is 83.8 Å². The van der Waals surface area contributed by atoms with Crippen LogP contribution in [0.3, 0.4) is 0 Å². The van der Waals surface area contributed by atoms with Gasteiger partial charge in [-0.2, -0.15) is 5.10 Å². The second-order valence-electron chi connectivity index (χ2n) is 5.02. The van der Waals surface area contributed by atoms with Gasteiger partial charge in [0, 0.05) is 23.1 Å². The molecular weight excluding hydrogens is 268 g/mol. The van der Waals surface area contributed by atoms with Crippen LogP contribution in [-0.2, 0) is 11.2 Å². The number of nitrogens with one attached hydrogen (secondary N) is 2. The number of hydrogen-bond acceptors (Lipinski definition) is 4. The van der Waals surface area contributed by atoms with Crippen LogP contribution < -0.4 is 5.32 Å². The Balaban J connectivity index is 1.63. The van der Waals surface area contributed by atoms with Crippen molar-refractivity contribution in [3.8, 4) is 0 Å². The molecular formula is C15H16N4O2. The maximum absolute atomic E-state index is 12.0. The molecule has 0 aliphatic carbocycles. The molecule has 2 aromatic heterocycles. The third kappa shape index (κ3) is 2.79. The summed E-state index contributed by atoms with van der Waals surface area (Å²) < 4.78 is 5.09. The molecule has 0 spiro atoms. The number of hydrogen-bond donors (Lipinski definition) is 2. The van der Waals surface area contributed by atoms with E-state index >= 15 is 0 Å². The average Bonchev–Trinajstić information content (AvgIpc) is 3.04. The summed E-state index contributed by atoms with van der Waals surface area (Å²) >= 11 is 0. The van der Waals surface area contributed by atoms with Crippen molar-refractivity contribution in [3.63, 3.8) is 0 Å². The molecule has 0 unspecified atom stereocenters. The van der Waals surface area contributed by atoms with Gasteiger partial charge in [-0.3, -0.25) is 9.89 Å². The van der Waals surface area contributed by atoms with Gasteiger partial charge in [0.05, 0.1) is 17.4 Å². The van der Waals surface area contributed by atoms with E-state index in [0.29, 0.717) is 12.8 Å². The van der Waals surface area contributed by atoms with Gasteiger partial charge in [-0.15, -0.1) is 0 Å². The Morgan fingerprint density at radius 3 is 3.00 bits per heavy atom. The van der Waals surface area contributed by atoms with E-state index in [1.54, 1.807) is 6.20 Å². The lowest BCUT2D eigenvalue weighted by Crippen LogP contribution is -2.12. The number of amides is 1. The van der Waals surface area contributed by atoms with Crippen LogP contribution in [-0.4, -0.2) is 21.3 Å². The fourth-order valence-corrected chi connectivity index (χ4v) is 2.34. The first-order valence-corrected chi connectivity index (χ1v) is 6.78. The minimum atomic E-state index is -0.0298. The fourth-order valence-electron chi connectivity index (χ4n) is 2.34. The Morgan fingerprint density at radius 2 is 2.24 bits per heavy atom. The lowest BCUT2D eigenvalue weighted by Gasteiger charge is -2.05. The number of aryl methyl sites for hydroxylation is 2. The molecule has 0 aliphatic rings. The number of fused-ring (bicyclic) bond motifs is 1. The number of benzene rings is 1. The van der Waals surface area contributed by atoms with E-state index in [4.69, 9.17) is 4.52 Å². The molecule has 6 nitrogen and oxygen atoms in total. The number of H-pyrrole nitrogens is 1. The summed E-state index contributed by atoms with van der Waals surface area (Å²) in [5.41, 5.74) is 3.58. The van der Waals surface area contributed by atoms with Crippen molar-refractivity contribution in [3.05, 3.63) is 41.4 Å². The van der Waals surface area contributed by atoms with Crippen LogP contribution in [0.2, 0.25) is 0 Å². The lowest BCUT2D eigenvalue weighted by molar-refractivity contribution is -0.116. The summed E-state index contributed by atoms with van der Waals surface area (Å²) in [6, 6.07) is 5.65.